The molecular formula is C30H37N3O4S. The first-order valence-electron chi connectivity index (χ1n) is 13.6. The van der Waals surface area contributed by atoms with Crippen molar-refractivity contribution in [3.8, 4) is 11.5 Å². The lowest BCUT2D eigenvalue weighted by atomic mass is 9.94. The molecule has 7 nitrogen and oxygen atoms in total. The fourth-order valence-corrected chi connectivity index (χ4v) is 6.74. The maximum absolute atomic E-state index is 13.4. The Morgan fingerprint density at radius 1 is 1.03 bits per heavy atom. The Morgan fingerprint density at radius 2 is 1.79 bits per heavy atom. The maximum Gasteiger partial charge on any atom is 0.264 e. The highest BCUT2D eigenvalue weighted by atomic mass is 32.2. The Balaban J connectivity index is 1.29. The van der Waals surface area contributed by atoms with Crippen LogP contribution in [0.25, 0.3) is 6.08 Å². The number of benzene rings is 2. The first kappa shape index (κ1) is 26.6. The molecule has 3 aliphatic rings. The Morgan fingerprint density at radius 3 is 2.50 bits per heavy atom. The molecule has 0 aromatic heterocycles. The third-order valence-electron chi connectivity index (χ3n) is 7.78. The van der Waals surface area contributed by atoms with Crippen LogP contribution in [0, 0.1) is 0 Å². The number of rotatable bonds is 6. The molecule has 38 heavy (non-hydrogen) atoms. The maximum atomic E-state index is 13.4. The van der Waals surface area contributed by atoms with Crippen LogP contribution in [0.4, 0.5) is 5.69 Å². The number of nitrogens with zero attached hydrogens (tertiary/aromatic N) is 3. The molecule has 0 spiro atoms. The molecule has 1 saturated carbocycles. The first-order chi connectivity index (χ1) is 18.5. The van der Waals surface area contributed by atoms with Crippen molar-refractivity contribution >= 4 is 35.3 Å². The van der Waals surface area contributed by atoms with Crippen molar-refractivity contribution in [1.82, 2.24) is 9.80 Å². The van der Waals surface area contributed by atoms with E-state index in [2.05, 4.69) is 4.90 Å². The summed E-state index contributed by atoms with van der Waals surface area (Å²) in [5.74, 6) is 1.26. The lowest BCUT2D eigenvalue weighted by molar-refractivity contribution is -0.114. The number of hydrogen-bond donors (Lipinski definition) is 0. The summed E-state index contributed by atoms with van der Waals surface area (Å²) in [6.45, 7) is 5.88. The lowest BCUT2D eigenvalue weighted by Gasteiger charge is -2.40. The van der Waals surface area contributed by atoms with Gasteiger partial charge in [0.1, 0.15) is 0 Å². The predicted molar refractivity (Wildman–Crippen MR) is 152 cm³/mol. The van der Waals surface area contributed by atoms with Crippen LogP contribution >= 0.6 is 11.8 Å². The molecule has 1 aliphatic carbocycles. The highest BCUT2D eigenvalue weighted by molar-refractivity contribution is 8.04. The molecule has 2 aromatic rings. The number of ether oxygens (including phenoxy) is 2. The number of fused-ring (bicyclic) bond motifs is 1. The number of piperazine rings is 1. The minimum atomic E-state index is -0.0963. The summed E-state index contributed by atoms with van der Waals surface area (Å²) in [6, 6.07) is 12.1. The number of likely N-dealkylation sites (N-methyl/N-ethyl adjacent to an activating group) is 1. The number of carbonyl (C=O) groups is 2. The van der Waals surface area contributed by atoms with E-state index in [0.717, 1.165) is 42.3 Å². The third kappa shape index (κ3) is 5.57. The number of anilines is 1. The van der Waals surface area contributed by atoms with Gasteiger partial charge in [0.05, 0.1) is 24.3 Å². The molecule has 2 heterocycles. The number of amides is 2. The number of hydrogen-bond acceptors (Lipinski definition) is 6. The smallest absolute Gasteiger partial charge is 0.264 e. The quantitative estimate of drug-likeness (QED) is 0.468. The van der Waals surface area contributed by atoms with Crippen molar-refractivity contribution in [3.05, 3.63) is 52.4 Å². The lowest BCUT2D eigenvalue weighted by Crippen LogP contribution is -2.52. The van der Waals surface area contributed by atoms with Gasteiger partial charge in [-0.3, -0.25) is 14.5 Å². The Labute approximate surface area is 229 Å². The van der Waals surface area contributed by atoms with Crippen LogP contribution in [0.5, 0.6) is 11.5 Å². The molecule has 2 aliphatic heterocycles. The second-order valence-electron chi connectivity index (χ2n) is 10.1. The molecule has 0 radical (unpaired) electrons. The molecule has 0 bridgehead atoms. The average molecular weight is 536 g/mol. The van der Waals surface area contributed by atoms with E-state index in [9.17, 15) is 9.59 Å². The van der Waals surface area contributed by atoms with Crippen molar-refractivity contribution in [2.24, 2.45) is 0 Å². The molecule has 2 amide bonds. The molecule has 1 saturated heterocycles. The van der Waals surface area contributed by atoms with E-state index in [1.54, 1.807) is 19.1 Å². The van der Waals surface area contributed by atoms with Gasteiger partial charge in [-0.1, -0.05) is 37.1 Å². The second-order valence-corrected chi connectivity index (χ2v) is 11.2. The summed E-state index contributed by atoms with van der Waals surface area (Å²) in [5, 5.41) is 0. The monoisotopic (exact) mass is 535 g/mol. The zero-order valence-electron chi connectivity index (χ0n) is 22.6. The fourth-order valence-electron chi connectivity index (χ4n) is 5.65. The molecule has 0 atom stereocenters. The van der Waals surface area contributed by atoms with Crippen molar-refractivity contribution < 1.29 is 19.1 Å². The highest BCUT2D eigenvalue weighted by Gasteiger charge is 2.30. The largest absolute Gasteiger partial charge is 0.493 e. The SMILES string of the molecule is CCOc1ccc(C=C2Sc3ccc(C(=O)N4CCN(C5CCCCC5)CC4)cc3N(C)C2=O)cc1OC. The van der Waals surface area contributed by atoms with Gasteiger partial charge < -0.3 is 19.3 Å². The van der Waals surface area contributed by atoms with Gasteiger partial charge in [-0.25, -0.2) is 0 Å². The summed E-state index contributed by atoms with van der Waals surface area (Å²) in [5.41, 5.74) is 2.27. The standard InChI is InChI=1S/C30H37N3O4S/c1-4-37-25-12-10-21(18-26(25)36-3)19-28-30(35)31(2)24-20-22(11-13-27(24)38-28)29(34)33-16-14-32(15-17-33)23-8-6-5-7-9-23/h10-13,18-20,23H,4-9,14-17H2,1-3H3. The molecule has 8 heteroatoms. The van der Waals surface area contributed by atoms with E-state index in [0.29, 0.717) is 34.6 Å². The minimum absolute atomic E-state index is 0.0461. The summed E-state index contributed by atoms with van der Waals surface area (Å²) in [4.78, 5) is 34.4. The molecule has 0 unspecified atom stereocenters. The van der Waals surface area contributed by atoms with E-state index in [1.807, 2.05) is 54.3 Å². The summed E-state index contributed by atoms with van der Waals surface area (Å²) < 4.78 is 11.1. The highest BCUT2D eigenvalue weighted by Crippen LogP contribution is 2.42. The van der Waals surface area contributed by atoms with Crippen LogP contribution in [0.15, 0.2) is 46.2 Å². The fraction of sp³-hybridized carbons (Fsp3) is 0.467. The summed E-state index contributed by atoms with van der Waals surface area (Å²) in [6.07, 6.45) is 8.47. The van der Waals surface area contributed by atoms with E-state index < -0.39 is 0 Å². The molecule has 202 valence electrons. The van der Waals surface area contributed by atoms with Gasteiger partial charge >= 0.3 is 0 Å². The Kier molecular flexibility index (Phi) is 8.29. The van der Waals surface area contributed by atoms with Gasteiger partial charge in [-0.15, -0.1) is 0 Å². The Hall–Kier alpha value is -2.97. The predicted octanol–water partition coefficient (Wildman–Crippen LogP) is 5.29. The first-order valence-corrected chi connectivity index (χ1v) is 14.5. The van der Waals surface area contributed by atoms with Crippen LogP contribution in [0.3, 0.4) is 0 Å². The van der Waals surface area contributed by atoms with Crippen molar-refractivity contribution in [3.63, 3.8) is 0 Å². The van der Waals surface area contributed by atoms with Crippen LogP contribution in [-0.4, -0.2) is 74.6 Å². The molecule has 0 N–H and O–H groups in total. The van der Waals surface area contributed by atoms with E-state index in [1.165, 1.54) is 43.9 Å². The minimum Gasteiger partial charge on any atom is -0.493 e. The van der Waals surface area contributed by atoms with Gasteiger partial charge in [0.2, 0.25) is 0 Å². The van der Waals surface area contributed by atoms with Crippen molar-refractivity contribution in [2.75, 3.05) is 51.8 Å². The second kappa shape index (κ2) is 11.8. The summed E-state index contributed by atoms with van der Waals surface area (Å²) >= 11 is 1.43. The van der Waals surface area contributed by atoms with Crippen LogP contribution in [-0.2, 0) is 4.79 Å². The van der Waals surface area contributed by atoms with Gasteiger partial charge in [0.25, 0.3) is 11.8 Å². The van der Waals surface area contributed by atoms with Crippen molar-refractivity contribution in [1.29, 1.82) is 0 Å². The molecule has 5 rings (SSSR count). The van der Waals surface area contributed by atoms with Gasteiger partial charge in [-0.2, -0.15) is 0 Å². The summed E-state index contributed by atoms with van der Waals surface area (Å²) in [7, 11) is 3.37. The van der Waals surface area contributed by atoms with E-state index >= 15 is 0 Å². The van der Waals surface area contributed by atoms with Gasteiger partial charge in [0.15, 0.2) is 11.5 Å². The van der Waals surface area contributed by atoms with Gasteiger partial charge in [-0.05, 0) is 61.7 Å². The zero-order valence-corrected chi connectivity index (χ0v) is 23.4. The number of thioether (sulfide) groups is 1. The van der Waals surface area contributed by atoms with E-state index in [-0.39, 0.29) is 11.8 Å². The molecular weight excluding hydrogens is 498 g/mol. The number of methoxy groups -OCH3 is 1. The van der Waals surface area contributed by atoms with Crippen LogP contribution in [0.2, 0.25) is 0 Å². The Bertz CT molecular complexity index is 1220. The van der Waals surface area contributed by atoms with Crippen LogP contribution < -0.4 is 14.4 Å². The third-order valence-corrected chi connectivity index (χ3v) is 8.86. The topological polar surface area (TPSA) is 62.3 Å². The average Bonchev–Trinajstić information content (AvgIpc) is 2.96. The normalized spacial score (nSPS) is 20.0. The van der Waals surface area contributed by atoms with Gasteiger partial charge in [0, 0.05) is 49.7 Å². The van der Waals surface area contributed by atoms with Crippen molar-refractivity contribution in [2.45, 2.75) is 50.0 Å². The zero-order chi connectivity index (χ0) is 26.6. The number of carbonyl (C=O) groups excluding carboxylic acids is 2. The molecule has 2 aromatic carbocycles. The van der Waals surface area contributed by atoms with Crippen LogP contribution in [0.1, 0.15) is 54.9 Å². The van der Waals surface area contributed by atoms with E-state index in [4.69, 9.17) is 9.47 Å². The molecule has 2 fully saturated rings.